The first-order valence-electron chi connectivity index (χ1n) is 9.97. The Labute approximate surface area is 178 Å². The second kappa shape index (κ2) is 9.22. The Morgan fingerprint density at radius 1 is 0.967 bits per heavy atom. The van der Waals surface area contributed by atoms with Crippen LogP contribution in [0.15, 0.2) is 54.6 Å². The van der Waals surface area contributed by atoms with Crippen molar-refractivity contribution in [3.8, 4) is 0 Å². The van der Waals surface area contributed by atoms with Gasteiger partial charge in [0.25, 0.3) is 5.91 Å². The Morgan fingerprint density at radius 2 is 1.60 bits per heavy atom. The minimum absolute atomic E-state index is 0.0188. The topological polar surface area (TPSA) is 87.1 Å². The Balaban J connectivity index is 0.000000589. The van der Waals surface area contributed by atoms with E-state index in [1.54, 1.807) is 0 Å². The van der Waals surface area contributed by atoms with Gasteiger partial charge in [-0.05, 0) is 84.7 Å². The van der Waals surface area contributed by atoms with Crippen molar-refractivity contribution in [3.05, 3.63) is 82.4 Å². The first-order chi connectivity index (χ1) is 14.2. The summed E-state index contributed by atoms with van der Waals surface area (Å²) in [5.41, 5.74) is 5.80. The van der Waals surface area contributed by atoms with Gasteiger partial charge in [-0.1, -0.05) is 42.5 Å². The van der Waals surface area contributed by atoms with Crippen LogP contribution in [0.5, 0.6) is 0 Å². The molecule has 4 rings (SSSR count). The van der Waals surface area contributed by atoms with Gasteiger partial charge in [0.15, 0.2) is 0 Å². The lowest BCUT2D eigenvalue weighted by atomic mass is 10.0. The van der Waals surface area contributed by atoms with E-state index in [-0.39, 0.29) is 11.9 Å². The summed E-state index contributed by atoms with van der Waals surface area (Å²) in [6.45, 7) is 6.24. The third-order valence-corrected chi connectivity index (χ3v) is 5.55. The summed E-state index contributed by atoms with van der Waals surface area (Å²) in [5, 5.41) is 5.47. The molecule has 1 fully saturated rings. The van der Waals surface area contributed by atoms with Gasteiger partial charge in [-0.2, -0.15) is 13.2 Å². The van der Waals surface area contributed by atoms with E-state index in [2.05, 4.69) is 61.6 Å². The highest BCUT2D eigenvalue weighted by Gasteiger charge is 2.23. The summed E-state index contributed by atoms with van der Waals surface area (Å²) in [6.07, 6.45) is 2.62. The molecule has 2 N–H and O–H groups in total. The van der Waals surface area contributed by atoms with Crippen LogP contribution in [-0.4, -0.2) is 14.3 Å². The highest BCUT2D eigenvalue weighted by molar-refractivity contribution is 7.60. The Kier molecular flexibility index (Phi) is 6.67. The molecule has 0 aliphatic heterocycles. The minimum atomic E-state index is -2.61. The number of nitrogens with one attached hydrogen (secondary N) is 2. The minimum Gasteiger partial charge on any atom is -0.346 e. The molecule has 1 atom stereocenters. The molecule has 3 aromatic carbocycles. The fourth-order valence-electron chi connectivity index (χ4n) is 3.47. The van der Waals surface area contributed by atoms with Crippen molar-refractivity contribution in [3.63, 3.8) is 0 Å². The summed E-state index contributed by atoms with van der Waals surface area (Å²) in [7, 11) is -2.61. The average molecular weight is 423 g/mol. The number of aryl methyl sites for hydroxylation is 2. The third kappa shape index (κ3) is 5.54. The van der Waals surface area contributed by atoms with Crippen LogP contribution < -0.4 is 5.32 Å². The number of amides is 1. The van der Waals surface area contributed by atoms with Gasteiger partial charge >= 0.3 is 10.5 Å². The number of carbonyl (C=O) groups is 1. The molecule has 0 unspecified atom stereocenters. The molecule has 0 radical (unpaired) electrons. The molecule has 1 amide bonds. The molecule has 5 nitrogen and oxygen atoms in total. The first kappa shape index (κ1) is 21.7. The van der Waals surface area contributed by atoms with Crippen molar-refractivity contribution in [2.75, 3.05) is 0 Å². The van der Waals surface area contributed by atoms with E-state index in [0.717, 1.165) is 16.9 Å². The fraction of sp³-hybridized carbons (Fsp3) is 0.292. The lowest BCUT2D eigenvalue weighted by Crippen LogP contribution is -2.26. The van der Waals surface area contributed by atoms with E-state index in [4.69, 9.17) is 13.2 Å². The van der Waals surface area contributed by atoms with E-state index in [9.17, 15) is 4.79 Å². The Morgan fingerprint density at radius 3 is 2.23 bits per heavy atom. The Bertz CT molecular complexity index is 1190. The quantitative estimate of drug-likeness (QED) is 0.586. The van der Waals surface area contributed by atoms with Gasteiger partial charge in [0.05, 0.1) is 6.04 Å². The molecule has 0 heterocycles. The van der Waals surface area contributed by atoms with Gasteiger partial charge < -0.3 is 5.32 Å². The van der Waals surface area contributed by atoms with Crippen LogP contribution in [0.4, 0.5) is 0 Å². The van der Waals surface area contributed by atoms with Gasteiger partial charge in [-0.3, -0.25) is 4.79 Å². The van der Waals surface area contributed by atoms with Crippen molar-refractivity contribution in [1.29, 1.82) is 4.78 Å². The maximum atomic E-state index is 12.7. The predicted octanol–water partition coefficient (Wildman–Crippen LogP) is 5.45. The van der Waals surface area contributed by atoms with Crippen molar-refractivity contribution in [1.82, 2.24) is 5.32 Å². The zero-order chi connectivity index (χ0) is 21.8. The summed E-state index contributed by atoms with van der Waals surface area (Å²) < 4.78 is 22.8. The zero-order valence-corrected chi connectivity index (χ0v) is 18.2. The number of benzene rings is 3. The molecule has 0 bridgehead atoms. The zero-order valence-electron chi connectivity index (χ0n) is 17.4. The Hall–Kier alpha value is -2.99. The number of hydrogen-bond acceptors (Lipinski definition) is 4. The van der Waals surface area contributed by atoms with E-state index in [1.165, 1.54) is 34.9 Å². The van der Waals surface area contributed by atoms with Crippen molar-refractivity contribution < 1.29 is 13.2 Å². The van der Waals surface area contributed by atoms with Crippen molar-refractivity contribution in [2.45, 2.75) is 45.6 Å². The van der Waals surface area contributed by atoms with Crippen LogP contribution >= 0.6 is 0 Å². The standard InChI is InChI=1S/C24H25NO.HNO2S/c1-15-4-5-19(12-16(15)2)17(3)25-24(26)23-11-10-21-13-20(18-6-7-18)8-9-22(21)14-23;1-4(2)3/h4-5,8-14,17-18H,6-7H2,1-3H3,(H,25,26);1H/t17-;/m1./s1. The molecule has 3 aromatic rings. The lowest BCUT2D eigenvalue weighted by molar-refractivity contribution is 0.0940. The molecular weight excluding hydrogens is 396 g/mol. The molecule has 30 heavy (non-hydrogen) atoms. The molecular formula is C24H26N2O3S. The maximum Gasteiger partial charge on any atom is 0.308 e. The fourth-order valence-corrected chi connectivity index (χ4v) is 3.47. The lowest BCUT2D eigenvalue weighted by Gasteiger charge is -2.16. The second-order valence-electron chi connectivity index (χ2n) is 7.87. The number of fused-ring (bicyclic) bond motifs is 1. The van der Waals surface area contributed by atoms with Crippen LogP contribution in [0.1, 0.15) is 64.3 Å². The molecule has 0 saturated heterocycles. The number of rotatable bonds is 4. The third-order valence-electron chi connectivity index (χ3n) is 5.55. The smallest absolute Gasteiger partial charge is 0.308 e. The van der Waals surface area contributed by atoms with E-state index < -0.39 is 10.5 Å². The molecule has 1 saturated carbocycles. The van der Waals surface area contributed by atoms with Crippen LogP contribution in [0, 0.1) is 18.6 Å². The summed E-state index contributed by atoms with van der Waals surface area (Å²) in [5.74, 6) is 0.727. The molecule has 156 valence electrons. The van der Waals surface area contributed by atoms with E-state index >= 15 is 0 Å². The monoisotopic (exact) mass is 422 g/mol. The summed E-state index contributed by atoms with van der Waals surface area (Å²) in [4.78, 5) is 12.7. The normalized spacial score (nSPS) is 13.8. The van der Waals surface area contributed by atoms with Crippen LogP contribution in [-0.2, 0) is 10.5 Å². The van der Waals surface area contributed by atoms with Crippen LogP contribution in [0.3, 0.4) is 0 Å². The average Bonchev–Trinajstić information content (AvgIpc) is 3.54. The maximum absolute atomic E-state index is 12.7. The first-order valence-corrected chi connectivity index (χ1v) is 11.0. The van der Waals surface area contributed by atoms with Crippen molar-refractivity contribution in [2.24, 2.45) is 0 Å². The van der Waals surface area contributed by atoms with Crippen LogP contribution in [0.25, 0.3) is 10.8 Å². The summed E-state index contributed by atoms with van der Waals surface area (Å²) in [6, 6.07) is 19.0. The SMILES string of the molecule is Cc1ccc([C@@H](C)NC(=O)c2ccc3cc(C4CC4)ccc3c2)cc1C.N=S(=O)=O. The highest BCUT2D eigenvalue weighted by atomic mass is 32.2. The van der Waals surface area contributed by atoms with Gasteiger partial charge in [0, 0.05) is 5.56 Å². The number of hydrogen-bond donors (Lipinski definition) is 2. The molecule has 6 heteroatoms. The predicted molar refractivity (Wildman–Crippen MR) is 119 cm³/mol. The second-order valence-corrected chi connectivity index (χ2v) is 8.34. The molecule has 0 aromatic heterocycles. The largest absolute Gasteiger partial charge is 0.346 e. The van der Waals surface area contributed by atoms with Crippen LogP contribution in [0.2, 0.25) is 0 Å². The molecule has 1 aliphatic carbocycles. The van der Waals surface area contributed by atoms with Crippen molar-refractivity contribution >= 4 is 27.2 Å². The van der Waals surface area contributed by atoms with Gasteiger partial charge in [0.1, 0.15) is 0 Å². The molecule has 0 spiro atoms. The van der Waals surface area contributed by atoms with E-state index in [0.29, 0.717) is 5.56 Å². The van der Waals surface area contributed by atoms with Gasteiger partial charge in [-0.15, -0.1) is 0 Å². The van der Waals surface area contributed by atoms with Gasteiger partial charge in [-0.25, -0.2) is 0 Å². The summed E-state index contributed by atoms with van der Waals surface area (Å²) >= 11 is 0. The van der Waals surface area contributed by atoms with Gasteiger partial charge in [0.2, 0.25) is 0 Å². The van der Waals surface area contributed by atoms with E-state index in [1.807, 2.05) is 19.1 Å². The molecule has 1 aliphatic rings. The highest BCUT2D eigenvalue weighted by Crippen LogP contribution is 2.40. The number of carbonyl (C=O) groups excluding carboxylic acids is 1.